The van der Waals surface area contributed by atoms with Gasteiger partial charge in [0.05, 0.1) is 6.61 Å². The lowest BCUT2D eigenvalue weighted by Gasteiger charge is -2.13. The van der Waals surface area contributed by atoms with Gasteiger partial charge >= 0.3 is 6.03 Å². The van der Waals surface area contributed by atoms with Crippen molar-refractivity contribution >= 4 is 11.9 Å². The molecule has 0 aromatic heterocycles. The van der Waals surface area contributed by atoms with Crippen LogP contribution in [0.1, 0.15) is 12.5 Å². The first kappa shape index (κ1) is 14.1. The van der Waals surface area contributed by atoms with Crippen molar-refractivity contribution in [3.05, 3.63) is 35.9 Å². The van der Waals surface area contributed by atoms with Crippen LogP contribution in [-0.2, 0) is 16.2 Å². The van der Waals surface area contributed by atoms with Gasteiger partial charge in [0, 0.05) is 7.05 Å². The van der Waals surface area contributed by atoms with Crippen molar-refractivity contribution in [2.24, 2.45) is 0 Å². The molecule has 0 bridgehead atoms. The molecule has 1 aromatic carbocycles. The van der Waals surface area contributed by atoms with Crippen LogP contribution in [0.25, 0.3) is 0 Å². The van der Waals surface area contributed by atoms with Crippen molar-refractivity contribution in [3.63, 3.8) is 0 Å². The molecule has 6 heteroatoms. The molecule has 0 aliphatic heterocycles. The molecule has 0 aliphatic carbocycles. The summed E-state index contributed by atoms with van der Waals surface area (Å²) in [7, 11) is 1.44. The molecule has 1 aromatic rings. The Hall–Kier alpha value is -1.92. The van der Waals surface area contributed by atoms with Crippen molar-refractivity contribution in [1.82, 2.24) is 16.1 Å². The summed E-state index contributed by atoms with van der Waals surface area (Å²) in [4.78, 5) is 27.5. The van der Waals surface area contributed by atoms with Crippen LogP contribution in [0.4, 0.5) is 4.79 Å². The number of hydrogen-bond donors (Lipinski definition) is 3. The summed E-state index contributed by atoms with van der Waals surface area (Å²) < 4.78 is 0. The molecule has 0 saturated carbocycles. The van der Waals surface area contributed by atoms with Gasteiger partial charge in [0.15, 0.2) is 0 Å². The van der Waals surface area contributed by atoms with Gasteiger partial charge in [-0.15, -0.1) is 0 Å². The van der Waals surface area contributed by atoms with Crippen molar-refractivity contribution in [2.75, 3.05) is 7.05 Å². The smallest absolute Gasteiger partial charge is 0.321 e. The number of hydrogen-bond acceptors (Lipinski definition) is 4. The molecular weight excluding hydrogens is 234 g/mol. The number of hydroxylamine groups is 1. The highest BCUT2D eigenvalue weighted by atomic mass is 16.6. The third kappa shape index (κ3) is 4.94. The maximum absolute atomic E-state index is 11.4. The third-order valence-corrected chi connectivity index (χ3v) is 2.20. The number of nitrogens with one attached hydrogen (secondary N) is 3. The molecule has 0 radical (unpaired) electrons. The lowest BCUT2D eigenvalue weighted by molar-refractivity contribution is -0.126. The first-order valence-corrected chi connectivity index (χ1v) is 5.57. The number of carbonyl (C=O) groups is 2. The van der Waals surface area contributed by atoms with E-state index in [4.69, 9.17) is 4.84 Å². The van der Waals surface area contributed by atoms with E-state index in [-0.39, 0.29) is 0 Å². The molecule has 98 valence electrons. The predicted octanol–water partition coefficient (Wildman–Crippen LogP) is 0.552. The number of amides is 3. The van der Waals surface area contributed by atoms with Crippen molar-refractivity contribution in [1.29, 1.82) is 0 Å². The maximum atomic E-state index is 11.4. The second-order valence-corrected chi connectivity index (χ2v) is 3.68. The largest absolute Gasteiger partial charge is 0.341 e. The second kappa shape index (κ2) is 7.41. The highest BCUT2D eigenvalue weighted by molar-refractivity contribution is 5.96. The number of carbonyl (C=O) groups excluding carboxylic acids is 2. The van der Waals surface area contributed by atoms with Gasteiger partial charge in [-0.1, -0.05) is 30.3 Å². The Kier molecular flexibility index (Phi) is 5.83. The minimum Gasteiger partial charge on any atom is -0.341 e. The zero-order valence-electron chi connectivity index (χ0n) is 10.4. The molecule has 1 unspecified atom stereocenters. The average Bonchev–Trinajstić information content (AvgIpc) is 2.39. The van der Waals surface area contributed by atoms with E-state index in [1.807, 2.05) is 30.3 Å². The van der Waals surface area contributed by atoms with Crippen LogP contribution < -0.4 is 16.1 Å². The fourth-order valence-corrected chi connectivity index (χ4v) is 1.16. The van der Waals surface area contributed by atoms with Crippen LogP contribution >= 0.6 is 0 Å². The number of imide groups is 1. The SMILES string of the molecule is CNC(=O)NC(=O)C(C)NOCc1ccccc1. The van der Waals surface area contributed by atoms with Crippen molar-refractivity contribution in [3.8, 4) is 0 Å². The Balaban J connectivity index is 2.26. The Morgan fingerprint density at radius 1 is 1.28 bits per heavy atom. The zero-order valence-corrected chi connectivity index (χ0v) is 10.4. The molecule has 18 heavy (non-hydrogen) atoms. The molecule has 0 heterocycles. The predicted molar refractivity (Wildman–Crippen MR) is 66.4 cm³/mol. The summed E-state index contributed by atoms with van der Waals surface area (Å²) in [6.07, 6.45) is 0. The van der Waals surface area contributed by atoms with E-state index in [2.05, 4.69) is 16.1 Å². The molecule has 0 saturated heterocycles. The van der Waals surface area contributed by atoms with Gasteiger partial charge in [0.2, 0.25) is 5.91 Å². The van der Waals surface area contributed by atoms with Gasteiger partial charge in [-0.05, 0) is 12.5 Å². The first-order chi connectivity index (χ1) is 8.63. The summed E-state index contributed by atoms with van der Waals surface area (Å²) in [5.41, 5.74) is 3.56. The fraction of sp³-hybridized carbons (Fsp3) is 0.333. The highest BCUT2D eigenvalue weighted by Gasteiger charge is 2.14. The van der Waals surface area contributed by atoms with E-state index >= 15 is 0 Å². The Labute approximate surface area is 106 Å². The van der Waals surface area contributed by atoms with Crippen LogP contribution in [0.2, 0.25) is 0 Å². The van der Waals surface area contributed by atoms with E-state index in [0.29, 0.717) is 6.61 Å². The van der Waals surface area contributed by atoms with E-state index in [1.165, 1.54) is 7.05 Å². The van der Waals surface area contributed by atoms with Crippen molar-refractivity contribution < 1.29 is 14.4 Å². The molecular formula is C12H17N3O3. The summed E-state index contributed by atoms with van der Waals surface area (Å²) in [6.45, 7) is 1.95. The van der Waals surface area contributed by atoms with E-state index in [9.17, 15) is 9.59 Å². The number of urea groups is 1. The Bertz CT molecular complexity index is 395. The van der Waals surface area contributed by atoms with Gasteiger partial charge < -0.3 is 5.32 Å². The first-order valence-electron chi connectivity index (χ1n) is 5.57. The maximum Gasteiger partial charge on any atom is 0.321 e. The zero-order chi connectivity index (χ0) is 13.4. The second-order valence-electron chi connectivity index (χ2n) is 3.68. The molecule has 1 atom stereocenters. The van der Waals surface area contributed by atoms with E-state index < -0.39 is 18.0 Å². The van der Waals surface area contributed by atoms with Crippen LogP contribution in [0.3, 0.4) is 0 Å². The summed E-state index contributed by atoms with van der Waals surface area (Å²) >= 11 is 0. The standard InChI is InChI=1S/C12H17N3O3/c1-9(11(16)14-12(17)13-2)15-18-8-10-6-4-3-5-7-10/h3-7,9,15H,8H2,1-2H3,(H2,13,14,16,17). The summed E-state index contributed by atoms with van der Waals surface area (Å²) in [6, 6.07) is 8.38. The highest BCUT2D eigenvalue weighted by Crippen LogP contribution is 1.99. The monoisotopic (exact) mass is 251 g/mol. The van der Waals surface area contributed by atoms with Gasteiger partial charge in [-0.3, -0.25) is 14.9 Å². The van der Waals surface area contributed by atoms with Crippen LogP contribution in [0.15, 0.2) is 30.3 Å². The van der Waals surface area contributed by atoms with Gasteiger partial charge in [0.25, 0.3) is 0 Å². The third-order valence-electron chi connectivity index (χ3n) is 2.20. The average molecular weight is 251 g/mol. The quantitative estimate of drug-likeness (QED) is 0.668. The molecule has 3 N–H and O–H groups in total. The number of rotatable bonds is 5. The normalized spacial score (nSPS) is 11.7. The lowest BCUT2D eigenvalue weighted by Crippen LogP contribution is -2.47. The van der Waals surface area contributed by atoms with Crippen molar-refractivity contribution in [2.45, 2.75) is 19.6 Å². The Morgan fingerprint density at radius 2 is 1.94 bits per heavy atom. The molecule has 6 nitrogen and oxygen atoms in total. The topological polar surface area (TPSA) is 79.5 Å². The van der Waals surface area contributed by atoms with Gasteiger partial charge in [0.1, 0.15) is 6.04 Å². The summed E-state index contributed by atoms with van der Waals surface area (Å²) in [5, 5.41) is 4.44. The molecule has 3 amide bonds. The van der Waals surface area contributed by atoms with Crippen LogP contribution in [-0.4, -0.2) is 25.0 Å². The molecule has 0 fully saturated rings. The van der Waals surface area contributed by atoms with E-state index in [1.54, 1.807) is 6.92 Å². The van der Waals surface area contributed by atoms with E-state index in [0.717, 1.165) is 5.56 Å². The van der Waals surface area contributed by atoms with Crippen LogP contribution in [0, 0.1) is 0 Å². The molecule has 0 aliphatic rings. The molecule has 1 rings (SSSR count). The fourth-order valence-electron chi connectivity index (χ4n) is 1.16. The van der Waals surface area contributed by atoms with Gasteiger partial charge in [-0.25, -0.2) is 4.79 Å². The minimum absolute atomic E-state index is 0.346. The minimum atomic E-state index is -0.619. The number of benzene rings is 1. The summed E-state index contributed by atoms with van der Waals surface area (Å²) in [5.74, 6) is -0.456. The molecule has 0 spiro atoms. The van der Waals surface area contributed by atoms with Gasteiger partial charge in [-0.2, -0.15) is 5.48 Å². The lowest BCUT2D eigenvalue weighted by atomic mass is 10.2. The Morgan fingerprint density at radius 3 is 2.56 bits per heavy atom. The van der Waals surface area contributed by atoms with Crippen LogP contribution in [0.5, 0.6) is 0 Å².